The number of nitrogens with zero attached hydrogens (tertiary/aromatic N) is 1. The lowest BCUT2D eigenvalue weighted by Crippen LogP contribution is -2.29. The van der Waals surface area contributed by atoms with Crippen LogP contribution in [-0.2, 0) is 16.1 Å². The van der Waals surface area contributed by atoms with Gasteiger partial charge in [0.1, 0.15) is 0 Å². The molecule has 0 saturated carbocycles. The maximum Gasteiger partial charge on any atom is 0.251 e. The van der Waals surface area contributed by atoms with Gasteiger partial charge in [0.05, 0.1) is 12.6 Å². The molecule has 1 fully saturated rings. The molecule has 2 aromatic rings. The topological polar surface area (TPSA) is 66.5 Å². The van der Waals surface area contributed by atoms with Crippen LogP contribution < -0.4 is 5.32 Å². The molecule has 1 saturated heterocycles. The zero-order chi connectivity index (χ0) is 19.4. The van der Waals surface area contributed by atoms with Crippen LogP contribution in [0.3, 0.4) is 0 Å². The Morgan fingerprint density at radius 3 is 2.19 bits per heavy atom. The third kappa shape index (κ3) is 4.55. The average molecular weight is 385 g/mol. The highest BCUT2D eigenvalue weighted by Gasteiger charge is 2.28. The van der Waals surface area contributed by atoms with E-state index in [-0.39, 0.29) is 43.1 Å². The molecule has 1 N–H and O–H groups in total. The highest BCUT2D eigenvalue weighted by Crippen LogP contribution is 2.20. The van der Waals surface area contributed by atoms with Gasteiger partial charge in [-0.15, -0.1) is 0 Å². The second kappa shape index (κ2) is 8.35. The Balaban J connectivity index is 1.65. The molecule has 0 aromatic heterocycles. The Morgan fingerprint density at radius 1 is 1.04 bits per heavy atom. The molecule has 0 aliphatic carbocycles. The van der Waals surface area contributed by atoms with Gasteiger partial charge in [-0.1, -0.05) is 42.8 Å². The number of carbonyl (C=O) groups is 3. The molecule has 1 heterocycles. The molecule has 3 amide bonds. The number of carbonyl (C=O) groups excluding carboxylic acids is 3. The van der Waals surface area contributed by atoms with Crippen molar-refractivity contribution in [2.45, 2.75) is 38.8 Å². The number of halogens is 1. The van der Waals surface area contributed by atoms with E-state index >= 15 is 0 Å². The summed E-state index contributed by atoms with van der Waals surface area (Å²) in [5, 5.41) is 3.68. The third-order valence-corrected chi connectivity index (χ3v) is 4.95. The molecule has 6 heteroatoms. The number of hydrogen-bond acceptors (Lipinski definition) is 3. The second-order valence-corrected chi connectivity index (χ2v) is 6.99. The fourth-order valence-electron chi connectivity index (χ4n) is 3.10. The Labute approximate surface area is 163 Å². The fraction of sp³-hybridized carbons (Fsp3) is 0.286. The average Bonchev–Trinajstić information content (AvgIpc) is 2.99. The summed E-state index contributed by atoms with van der Waals surface area (Å²) >= 11 is 5.92. The van der Waals surface area contributed by atoms with Crippen molar-refractivity contribution in [1.82, 2.24) is 10.2 Å². The van der Waals surface area contributed by atoms with Gasteiger partial charge >= 0.3 is 0 Å². The van der Waals surface area contributed by atoms with Crippen molar-refractivity contribution in [3.8, 4) is 0 Å². The Bertz CT molecular complexity index is 831. The van der Waals surface area contributed by atoms with E-state index in [9.17, 15) is 14.4 Å². The van der Waals surface area contributed by atoms with E-state index in [4.69, 9.17) is 11.6 Å². The minimum Gasteiger partial charge on any atom is -0.345 e. The highest BCUT2D eigenvalue weighted by atomic mass is 35.5. The number of nitrogens with one attached hydrogen (secondary N) is 1. The van der Waals surface area contributed by atoms with Gasteiger partial charge in [0.2, 0.25) is 11.8 Å². The predicted molar refractivity (Wildman–Crippen MR) is 103 cm³/mol. The minimum absolute atomic E-state index is 0.103. The summed E-state index contributed by atoms with van der Waals surface area (Å²) < 4.78 is 0. The van der Waals surface area contributed by atoms with E-state index in [1.165, 1.54) is 4.90 Å². The molecule has 5 nitrogen and oxygen atoms in total. The quantitative estimate of drug-likeness (QED) is 0.769. The van der Waals surface area contributed by atoms with Crippen LogP contribution in [0.15, 0.2) is 48.5 Å². The fourth-order valence-corrected chi connectivity index (χ4v) is 3.23. The first-order chi connectivity index (χ1) is 13.0. The summed E-state index contributed by atoms with van der Waals surface area (Å²) in [4.78, 5) is 37.2. The Hall–Kier alpha value is -2.66. The molecule has 1 atom stereocenters. The second-order valence-electron chi connectivity index (χ2n) is 6.56. The predicted octanol–water partition coefficient (Wildman–Crippen LogP) is 3.87. The molecule has 0 spiro atoms. The number of benzene rings is 2. The van der Waals surface area contributed by atoms with Gasteiger partial charge in [-0.2, -0.15) is 0 Å². The first-order valence-electron chi connectivity index (χ1n) is 8.96. The van der Waals surface area contributed by atoms with E-state index in [2.05, 4.69) is 5.32 Å². The zero-order valence-electron chi connectivity index (χ0n) is 15.1. The lowest BCUT2D eigenvalue weighted by Gasteiger charge is -2.18. The Morgan fingerprint density at radius 2 is 1.63 bits per heavy atom. The molecule has 0 radical (unpaired) electrons. The maximum atomic E-state index is 12.6. The highest BCUT2D eigenvalue weighted by molar-refractivity contribution is 6.30. The summed E-state index contributed by atoms with van der Waals surface area (Å²) in [7, 11) is 0. The number of hydrogen-bond donors (Lipinski definition) is 1. The molecule has 140 valence electrons. The Kier molecular flexibility index (Phi) is 5.91. The smallest absolute Gasteiger partial charge is 0.251 e. The molecule has 1 aliphatic heterocycles. The number of imide groups is 1. The zero-order valence-corrected chi connectivity index (χ0v) is 15.8. The molecule has 2 aromatic carbocycles. The minimum atomic E-state index is -0.170. The van der Waals surface area contributed by atoms with Crippen LogP contribution in [0.1, 0.15) is 53.7 Å². The van der Waals surface area contributed by atoms with Crippen molar-refractivity contribution >= 4 is 29.3 Å². The van der Waals surface area contributed by atoms with Gasteiger partial charge in [0, 0.05) is 23.4 Å². The first-order valence-corrected chi connectivity index (χ1v) is 9.34. The maximum absolute atomic E-state index is 12.6. The van der Waals surface area contributed by atoms with E-state index in [1.807, 2.05) is 19.1 Å². The van der Waals surface area contributed by atoms with Crippen molar-refractivity contribution < 1.29 is 14.4 Å². The molecule has 1 aliphatic rings. The first kappa shape index (κ1) is 19.1. The van der Waals surface area contributed by atoms with Crippen molar-refractivity contribution in [2.75, 3.05) is 0 Å². The van der Waals surface area contributed by atoms with Gasteiger partial charge in [0.15, 0.2) is 0 Å². The molecule has 0 unspecified atom stereocenters. The largest absolute Gasteiger partial charge is 0.345 e. The van der Waals surface area contributed by atoms with Crippen LogP contribution in [0.25, 0.3) is 0 Å². The number of rotatable bonds is 6. The summed E-state index contributed by atoms with van der Waals surface area (Å²) in [6, 6.07) is 14.3. The summed E-state index contributed by atoms with van der Waals surface area (Å²) in [5.74, 6) is -0.456. The summed E-state index contributed by atoms with van der Waals surface area (Å²) in [6.45, 7) is 2.26. The SMILES string of the molecule is CC[C@@H](NC(=O)c1ccc(CN2C(=O)CCC2=O)cc1)c1ccc(Cl)cc1. The molecular weight excluding hydrogens is 364 g/mol. The van der Waals surface area contributed by atoms with E-state index in [1.54, 1.807) is 36.4 Å². The van der Waals surface area contributed by atoms with Crippen molar-refractivity contribution in [3.63, 3.8) is 0 Å². The molecule has 0 bridgehead atoms. The normalized spacial score (nSPS) is 15.1. The van der Waals surface area contributed by atoms with Crippen molar-refractivity contribution in [1.29, 1.82) is 0 Å². The van der Waals surface area contributed by atoms with Crippen LogP contribution in [0.2, 0.25) is 5.02 Å². The van der Waals surface area contributed by atoms with Gasteiger partial charge in [-0.3, -0.25) is 19.3 Å². The van der Waals surface area contributed by atoms with Crippen molar-refractivity contribution in [2.24, 2.45) is 0 Å². The molecule has 27 heavy (non-hydrogen) atoms. The standard InChI is InChI=1S/C21H21ClN2O3/c1-2-18(15-7-9-17(22)10-8-15)23-21(27)16-5-3-14(4-6-16)13-24-19(25)11-12-20(24)26/h3-10,18H,2,11-13H2,1H3,(H,23,27)/t18-/m1/s1. The van der Waals surface area contributed by atoms with Gasteiger partial charge in [0.25, 0.3) is 5.91 Å². The number of amides is 3. The lowest BCUT2D eigenvalue weighted by molar-refractivity contribution is -0.139. The molecular formula is C21H21ClN2O3. The lowest BCUT2D eigenvalue weighted by atomic mass is 10.0. The van der Waals surface area contributed by atoms with Crippen LogP contribution >= 0.6 is 11.6 Å². The van der Waals surface area contributed by atoms with Gasteiger partial charge in [-0.05, 0) is 41.8 Å². The van der Waals surface area contributed by atoms with Crippen LogP contribution in [-0.4, -0.2) is 22.6 Å². The van der Waals surface area contributed by atoms with Crippen LogP contribution in [0, 0.1) is 0 Å². The number of likely N-dealkylation sites (tertiary alicyclic amines) is 1. The van der Waals surface area contributed by atoms with Crippen LogP contribution in [0.4, 0.5) is 0 Å². The monoisotopic (exact) mass is 384 g/mol. The summed E-state index contributed by atoms with van der Waals surface area (Å²) in [6.07, 6.45) is 1.31. The van der Waals surface area contributed by atoms with E-state index in [0.29, 0.717) is 10.6 Å². The third-order valence-electron chi connectivity index (χ3n) is 4.70. The summed E-state index contributed by atoms with van der Waals surface area (Å²) in [5.41, 5.74) is 2.35. The van der Waals surface area contributed by atoms with Crippen molar-refractivity contribution in [3.05, 3.63) is 70.2 Å². The molecule has 3 rings (SSSR count). The van der Waals surface area contributed by atoms with E-state index < -0.39 is 0 Å². The van der Waals surface area contributed by atoms with Crippen LogP contribution in [0.5, 0.6) is 0 Å². The van der Waals surface area contributed by atoms with Gasteiger partial charge in [-0.25, -0.2) is 0 Å². The van der Waals surface area contributed by atoms with Gasteiger partial charge < -0.3 is 5.32 Å². The van der Waals surface area contributed by atoms with E-state index in [0.717, 1.165) is 17.5 Å².